The Hall–Kier alpha value is -1.35. The van der Waals surface area contributed by atoms with Crippen molar-refractivity contribution in [2.45, 2.75) is 39.7 Å². The van der Waals surface area contributed by atoms with Gasteiger partial charge in [-0.3, -0.25) is 4.79 Å². The first-order chi connectivity index (χ1) is 7.99. The third-order valence-electron chi connectivity index (χ3n) is 2.57. The Labute approximate surface area is 103 Å². The highest BCUT2D eigenvalue weighted by Gasteiger charge is 2.06. The van der Waals surface area contributed by atoms with Crippen LogP contribution >= 0.6 is 0 Å². The number of hydrogen-bond acceptors (Lipinski definition) is 2. The van der Waals surface area contributed by atoms with Crippen LogP contribution in [-0.4, -0.2) is 23.7 Å². The van der Waals surface area contributed by atoms with E-state index in [9.17, 15) is 4.79 Å². The minimum atomic E-state index is -0.298. The minimum Gasteiger partial charge on any atom is -0.393 e. The smallest absolute Gasteiger partial charge is 0.251 e. The first-order valence-electron chi connectivity index (χ1n) is 6.03. The van der Waals surface area contributed by atoms with E-state index in [1.165, 1.54) is 0 Å². The molecule has 1 aromatic rings. The van der Waals surface area contributed by atoms with Crippen molar-refractivity contribution >= 4 is 5.91 Å². The molecule has 1 atom stereocenters. The molecule has 0 radical (unpaired) electrons. The van der Waals surface area contributed by atoms with Crippen molar-refractivity contribution in [3.63, 3.8) is 0 Å². The highest BCUT2D eigenvalue weighted by atomic mass is 16.3. The van der Waals surface area contributed by atoms with Gasteiger partial charge < -0.3 is 10.4 Å². The summed E-state index contributed by atoms with van der Waals surface area (Å²) in [6.45, 7) is 6.33. The van der Waals surface area contributed by atoms with Crippen LogP contribution in [0.5, 0.6) is 0 Å². The van der Waals surface area contributed by atoms with Gasteiger partial charge in [0.1, 0.15) is 0 Å². The van der Waals surface area contributed by atoms with Crippen LogP contribution < -0.4 is 5.32 Å². The van der Waals surface area contributed by atoms with Gasteiger partial charge in [-0.05, 0) is 45.7 Å². The summed E-state index contributed by atoms with van der Waals surface area (Å²) in [4.78, 5) is 11.8. The van der Waals surface area contributed by atoms with E-state index < -0.39 is 0 Å². The van der Waals surface area contributed by atoms with Gasteiger partial charge in [-0.1, -0.05) is 17.2 Å². The zero-order valence-electron chi connectivity index (χ0n) is 10.8. The Morgan fingerprint density at radius 1 is 1.29 bits per heavy atom. The fourth-order valence-corrected chi connectivity index (χ4v) is 1.81. The van der Waals surface area contributed by atoms with Crippen molar-refractivity contribution in [3.05, 3.63) is 34.9 Å². The Morgan fingerprint density at radius 3 is 2.41 bits per heavy atom. The number of aryl methyl sites for hydroxylation is 2. The van der Waals surface area contributed by atoms with Crippen molar-refractivity contribution in [1.82, 2.24) is 5.32 Å². The van der Waals surface area contributed by atoms with Gasteiger partial charge in [0.05, 0.1) is 6.10 Å². The first kappa shape index (κ1) is 13.7. The van der Waals surface area contributed by atoms with Gasteiger partial charge in [0, 0.05) is 12.1 Å². The number of carbonyl (C=O) groups is 1. The van der Waals surface area contributed by atoms with Gasteiger partial charge in [0.15, 0.2) is 0 Å². The Bertz CT molecular complexity index is 366. The second kappa shape index (κ2) is 6.40. The molecular weight excluding hydrogens is 214 g/mol. The first-order valence-corrected chi connectivity index (χ1v) is 6.03. The SMILES string of the molecule is Cc1cc(C)cc(C(=O)NCCCC(C)O)c1. The van der Waals surface area contributed by atoms with Crippen molar-refractivity contribution in [2.75, 3.05) is 6.54 Å². The highest BCUT2D eigenvalue weighted by molar-refractivity contribution is 5.94. The number of hydrogen-bond donors (Lipinski definition) is 2. The summed E-state index contributed by atoms with van der Waals surface area (Å²) in [6, 6.07) is 5.82. The summed E-state index contributed by atoms with van der Waals surface area (Å²) in [6.07, 6.45) is 1.22. The number of nitrogens with one attached hydrogen (secondary N) is 1. The maximum atomic E-state index is 11.8. The van der Waals surface area contributed by atoms with E-state index in [1.54, 1.807) is 6.92 Å². The van der Waals surface area contributed by atoms with Gasteiger partial charge in [-0.15, -0.1) is 0 Å². The quantitative estimate of drug-likeness (QED) is 0.769. The van der Waals surface area contributed by atoms with Crippen LogP contribution in [0.15, 0.2) is 18.2 Å². The molecule has 0 bridgehead atoms. The number of aliphatic hydroxyl groups excluding tert-OH is 1. The lowest BCUT2D eigenvalue weighted by molar-refractivity contribution is 0.0949. The molecule has 3 heteroatoms. The molecule has 0 heterocycles. The summed E-state index contributed by atoms with van der Waals surface area (Å²) in [5.74, 6) is -0.0395. The monoisotopic (exact) mass is 235 g/mol. The molecule has 0 aliphatic heterocycles. The molecular formula is C14H21NO2. The fourth-order valence-electron chi connectivity index (χ4n) is 1.81. The van der Waals surface area contributed by atoms with E-state index in [2.05, 4.69) is 5.32 Å². The predicted molar refractivity (Wildman–Crippen MR) is 69.2 cm³/mol. The zero-order chi connectivity index (χ0) is 12.8. The molecule has 3 nitrogen and oxygen atoms in total. The molecule has 17 heavy (non-hydrogen) atoms. The number of benzene rings is 1. The van der Waals surface area contributed by atoms with Gasteiger partial charge in [-0.2, -0.15) is 0 Å². The standard InChI is InChI=1S/C14H21NO2/c1-10-7-11(2)9-13(8-10)14(17)15-6-4-5-12(3)16/h7-9,12,16H,4-6H2,1-3H3,(H,15,17). The number of rotatable bonds is 5. The zero-order valence-corrected chi connectivity index (χ0v) is 10.8. The normalized spacial score (nSPS) is 12.2. The Kier molecular flexibility index (Phi) is 5.16. The van der Waals surface area contributed by atoms with Gasteiger partial charge >= 0.3 is 0 Å². The van der Waals surface area contributed by atoms with Crippen molar-refractivity contribution < 1.29 is 9.90 Å². The maximum absolute atomic E-state index is 11.8. The van der Waals surface area contributed by atoms with Crippen LogP contribution in [0.3, 0.4) is 0 Å². The number of aliphatic hydroxyl groups is 1. The molecule has 1 amide bonds. The van der Waals surface area contributed by atoms with E-state index in [-0.39, 0.29) is 12.0 Å². The molecule has 0 aromatic heterocycles. The molecule has 0 saturated carbocycles. The van der Waals surface area contributed by atoms with Crippen LogP contribution in [0.25, 0.3) is 0 Å². The van der Waals surface area contributed by atoms with Gasteiger partial charge in [0.2, 0.25) is 0 Å². The van der Waals surface area contributed by atoms with Gasteiger partial charge in [-0.25, -0.2) is 0 Å². The largest absolute Gasteiger partial charge is 0.393 e. The third kappa shape index (κ3) is 5.00. The molecule has 0 saturated heterocycles. The summed E-state index contributed by atoms with van der Waals surface area (Å²) < 4.78 is 0. The molecule has 0 fully saturated rings. The van der Waals surface area contributed by atoms with Crippen LogP contribution in [0, 0.1) is 13.8 Å². The van der Waals surface area contributed by atoms with E-state index in [1.807, 2.05) is 32.0 Å². The van der Waals surface area contributed by atoms with Gasteiger partial charge in [0.25, 0.3) is 5.91 Å². The molecule has 1 rings (SSSR count). The van der Waals surface area contributed by atoms with E-state index in [0.29, 0.717) is 18.5 Å². The molecule has 0 aliphatic carbocycles. The number of amides is 1. The summed E-state index contributed by atoms with van der Waals surface area (Å²) in [5, 5.41) is 12.0. The summed E-state index contributed by atoms with van der Waals surface area (Å²) >= 11 is 0. The average molecular weight is 235 g/mol. The molecule has 0 spiro atoms. The molecule has 1 aromatic carbocycles. The van der Waals surface area contributed by atoms with E-state index >= 15 is 0 Å². The van der Waals surface area contributed by atoms with E-state index in [4.69, 9.17) is 5.11 Å². The molecule has 0 aliphatic rings. The van der Waals surface area contributed by atoms with Crippen molar-refractivity contribution in [2.24, 2.45) is 0 Å². The molecule has 2 N–H and O–H groups in total. The fraction of sp³-hybridized carbons (Fsp3) is 0.500. The van der Waals surface area contributed by atoms with Crippen LogP contribution in [0.2, 0.25) is 0 Å². The molecule has 94 valence electrons. The van der Waals surface area contributed by atoms with E-state index in [0.717, 1.165) is 17.5 Å². The second-order valence-electron chi connectivity index (χ2n) is 4.62. The lowest BCUT2D eigenvalue weighted by atomic mass is 10.1. The van der Waals surface area contributed by atoms with Crippen LogP contribution in [-0.2, 0) is 0 Å². The average Bonchev–Trinajstić information content (AvgIpc) is 2.22. The molecule has 1 unspecified atom stereocenters. The summed E-state index contributed by atoms with van der Waals surface area (Å²) in [7, 11) is 0. The van der Waals surface area contributed by atoms with Crippen molar-refractivity contribution in [1.29, 1.82) is 0 Å². The van der Waals surface area contributed by atoms with Crippen LogP contribution in [0.1, 0.15) is 41.3 Å². The maximum Gasteiger partial charge on any atom is 0.251 e. The Morgan fingerprint density at radius 2 is 1.88 bits per heavy atom. The highest BCUT2D eigenvalue weighted by Crippen LogP contribution is 2.08. The number of carbonyl (C=O) groups excluding carboxylic acids is 1. The van der Waals surface area contributed by atoms with Crippen molar-refractivity contribution in [3.8, 4) is 0 Å². The predicted octanol–water partition coefficient (Wildman–Crippen LogP) is 2.19. The Balaban J connectivity index is 2.47. The lowest BCUT2D eigenvalue weighted by Gasteiger charge is -2.08. The summed E-state index contributed by atoms with van der Waals surface area (Å²) in [5.41, 5.74) is 2.90. The minimum absolute atomic E-state index is 0.0395. The second-order valence-corrected chi connectivity index (χ2v) is 4.62. The lowest BCUT2D eigenvalue weighted by Crippen LogP contribution is -2.25. The third-order valence-corrected chi connectivity index (χ3v) is 2.57. The topological polar surface area (TPSA) is 49.3 Å². The van der Waals surface area contributed by atoms with Crippen LogP contribution in [0.4, 0.5) is 0 Å².